The van der Waals surface area contributed by atoms with Crippen molar-refractivity contribution in [1.29, 1.82) is 0 Å². The zero-order chi connectivity index (χ0) is 13.6. The van der Waals surface area contributed by atoms with Gasteiger partial charge in [-0.05, 0) is 33.4 Å². The van der Waals surface area contributed by atoms with Crippen LogP contribution in [0.2, 0.25) is 0 Å². The summed E-state index contributed by atoms with van der Waals surface area (Å²) in [5, 5.41) is -0.542. The van der Waals surface area contributed by atoms with Gasteiger partial charge in [-0.15, -0.1) is 0 Å². The maximum atomic E-state index is 11.9. The van der Waals surface area contributed by atoms with Crippen LogP contribution in [0.1, 0.15) is 27.2 Å². The Labute approximate surface area is 106 Å². The molecule has 0 amide bonds. The molecule has 0 saturated heterocycles. The molecule has 0 saturated carbocycles. The summed E-state index contributed by atoms with van der Waals surface area (Å²) in [7, 11) is 0.574. The first-order chi connectivity index (χ1) is 7.69. The van der Waals surface area contributed by atoms with Crippen molar-refractivity contribution in [1.82, 2.24) is 9.62 Å². The van der Waals surface area contributed by atoms with Gasteiger partial charge in [-0.25, -0.2) is 13.1 Å². The van der Waals surface area contributed by atoms with Gasteiger partial charge in [0, 0.05) is 19.1 Å². The van der Waals surface area contributed by atoms with Gasteiger partial charge in [0.05, 0.1) is 5.25 Å². The van der Waals surface area contributed by atoms with Gasteiger partial charge in [-0.1, -0.05) is 13.8 Å². The molecule has 0 radical (unpaired) electrons. The molecule has 2 atom stereocenters. The molecule has 0 aliphatic rings. The lowest BCUT2D eigenvalue weighted by Crippen LogP contribution is -2.47. The topological polar surface area (TPSA) is 75.4 Å². The second-order valence-corrected chi connectivity index (χ2v) is 7.43. The Morgan fingerprint density at radius 1 is 1.24 bits per heavy atom. The van der Waals surface area contributed by atoms with Gasteiger partial charge in [0.1, 0.15) is 0 Å². The lowest BCUT2D eigenvalue weighted by atomic mass is 10.0. The van der Waals surface area contributed by atoms with Crippen molar-refractivity contribution in [3.05, 3.63) is 0 Å². The molecule has 17 heavy (non-hydrogen) atoms. The molecule has 2 unspecified atom stereocenters. The largest absolute Gasteiger partial charge is 0.329 e. The maximum Gasteiger partial charge on any atom is 0.215 e. The van der Waals surface area contributed by atoms with Crippen LogP contribution >= 0.6 is 0 Å². The van der Waals surface area contributed by atoms with Crippen molar-refractivity contribution in [2.45, 2.75) is 38.5 Å². The molecule has 0 aliphatic carbocycles. The Hall–Kier alpha value is -0.170. The number of nitrogens with zero attached hydrogens (tertiary/aromatic N) is 1. The number of likely N-dealkylation sites (N-methyl/N-ethyl adjacent to an activating group) is 1. The van der Waals surface area contributed by atoms with Crippen molar-refractivity contribution >= 4 is 10.0 Å². The van der Waals surface area contributed by atoms with Crippen LogP contribution in [0, 0.1) is 5.92 Å². The third-order valence-corrected chi connectivity index (χ3v) is 4.45. The molecule has 104 valence electrons. The van der Waals surface area contributed by atoms with E-state index in [0.29, 0.717) is 12.5 Å². The monoisotopic (exact) mass is 265 g/mol. The Morgan fingerprint density at radius 3 is 2.12 bits per heavy atom. The van der Waals surface area contributed by atoms with Crippen LogP contribution < -0.4 is 10.5 Å². The fourth-order valence-corrected chi connectivity index (χ4v) is 2.77. The summed E-state index contributed by atoms with van der Waals surface area (Å²) in [6.45, 7) is 6.65. The van der Waals surface area contributed by atoms with Crippen LogP contribution in [0.15, 0.2) is 0 Å². The van der Waals surface area contributed by atoms with E-state index in [1.807, 2.05) is 19.0 Å². The van der Waals surface area contributed by atoms with E-state index in [1.165, 1.54) is 0 Å². The van der Waals surface area contributed by atoms with Crippen LogP contribution in [0.3, 0.4) is 0 Å². The highest BCUT2D eigenvalue weighted by Crippen LogP contribution is 2.08. The molecule has 0 aromatic heterocycles. The van der Waals surface area contributed by atoms with E-state index in [0.717, 1.165) is 6.42 Å². The highest BCUT2D eigenvalue weighted by Gasteiger charge is 2.24. The van der Waals surface area contributed by atoms with Crippen LogP contribution in [0.4, 0.5) is 0 Å². The molecule has 0 aliphatic heterocycles. The van der Waals surface area contributed by atoms with E-state index in [-0.39, 0.29) is 12.6 Å². The first-order valence-corrected chi connectivity index (χ1v) is 7.59. The Morgan fingerprint density at radius 2 is 1.76 bits per heavy atom. The Kier molecular flexibility index (Phi) is 7.23. The predicted molar refractivity (Wildman–Crippen MR) is 72.4 cm³/mol. The van der Waals surface area contributed by atoms with Crippen LogP contribution in [-0.4, -0.2) is 51.8 Å². The zero-order valence-electron chi connectivity index (χ0n) is 11.6. The van der Waals surface area contributed by atoms with E-state index in [1.54, 1.807) is 6.92 Å². The van der Waals surface area contributed by atoms with E-state index >= 15 is 0 Å². The number of sulfonamides is 1. The summed E-state index contributed by atoms with van der Waals surface area (Å²) in [5.74, 6) is 0.454. The quantitative estimate of drug-likeness (QED) is 0.659. The number of rotatable bonds is 8. The molecule has 6 heteroatoms. The molecular weight excluding hydrogens is 238 g/mol. The van der Waals surface area contributed by atoms with Gasteiger partial charge in [0.2, 0.25) is 10.0 Å². The third-order valence-electron chi connectivity index (χ3n) is 2.53. The summed E-state index contributed by atoms with van der Waals surface area (Å²) < 4.78 is 26.6. The van der Waals surface area contributed by atoms with Gasteiger partial charge in [-0.2, -0.15) is 0 Å². The van der Waals surface area contributed by atoms with Gasteiger partial charge in [0.15, 0.2) is 0 Å². The van der Waals surface area contributed by atoms with E-state index in [4.69, 9.17) is 5.73 Å². The van der Waals surface area contributed by atoms with Crippen molar-refractivity contribution < 1.29 is 8.42 Å². The zero-order valence-corrected chi connectivity index (χ0v) is 12.4. The lowest BCUT2D eigenvalue weighted by Gasteiger charge is -2.25. The summed E-state index contributed by atoms with van der Waals surface area (Å²) in [6, 6.07) is -0.0519. The molecule has 3 N–H and O–H groups in total. The Bertz CT molecular complexity index is 292. The first-order valence-electron chi connectivity index (χ1n) is 6.05. The lowest BCUT2D eigenvalue weighted by molar-refractivity contribution is 0.328. The average molecular weight is 265 g/mol. The molecule has 0 spiro atoms. The predicted octanol–water partition coefficient (Wildman–Crippen LogP) is 0.229. The standard InChI is InChI=1S/C11H27N3O2S/c1-9(2)6-11(8-14(4)5)13-17(15,16)10(3)7-12/h9-11,13H,6-8,12H2,1-5H3. The minimum atomic E-state index is -3.30. The van der Waals surface area contributed by atoms with Crippen LogP contribution in [0.5, 0.6) is 0 Å². The highest BCUT2D eigenvalue weighted by atomic mass is 32.2. The fraction of sp³-hybridized carbons (Fsp3) is 1.00. The smallest absolute Gasteiger partial charge is 0.215 e. The van der Waals surface area contributed by atoms with E-state index in [9.17, 15) is 8.42 Å². The minimum absolute atomic E-state index is 0.0519. The SMILES string of the molecule is CC(C)CC(CN(C)C)NS(=O)(=O)C(C)CN. The average Bonchev–Trinajstić information content (AvgIpc) is 2.13. The second kappa shape index (κ2) is 7.31. The maximum absolute atomic E-state index is 11.9. The second-order valence-electron chi connectivity index (χ2n) is 5.30. The van der Waals surface area contributed by atoms with Crippen LogP contribution in [0.25, 0.3) is 0 Å². The fourth-order valence-electron chi connectivity index (χ4n) is 1.64. The van der Waals surface area contributed by atoms with Gasteiger partial charge >= 0.3 is 0 Å². The Balaban J connectivity index is 4.62. The van der Waals surface area contributed by atoms with Crippen molar-refractivity contribution in [3.63, 3.8) is 0 Å². The molecule has 0 aromatic carbocycles. The molecule has 5 nitrogen and oxygen atoms in total. The molecule has 0 rings (SSSR count). The van der Waals surface area contributed by atoms with E-state index < -0.39 is 15.3 Å². The van der Waals surface area contributed by atoms with Gasteiger partial charge < -0.3 is 10.6 Å². The molecule has 0 heterocycles. The summed E-state index contributed by atoms with van der Waals surface area (Å²) in [4.78, 5) is 1.99. The minimum Gasteiger partial charge on any atom is -0.329 e. The van der Waals surface area contributed by atoms with Crippen molar-refractivity contribution in [2.24, 2.45) is 11.7 Å². The number of hydrogen-bond donors (Lipinski definition) is 2. The van der Waals surface area contributed by atoms with Crippen molar-refractivity contribution in [3.8, 4) is 0 Å². The van der Waals surface area contributed by atoms with Gasteiger partial charge in [0.25, 0.3) is 0 Å². The summed E-state index contributed by atoms with van der Waals surface area (Å²) >= 11 is 0. The van der Waals surface area contributed by atoms with Crippen LogP contribution in [-0.2, 0) is 10.0 Å². The molecule has 0 fully saturated rings. The number of hydrogen-bond acceptors (Lipinski definition) is 4. The first kappa shape index (κ1) is 16.8. The highest BCUT2D eigenvalue weighted by molar-refractivity contribution is 7.90. The summed E-state index contributed by atoms with van der Waals surface area (Å²) in [6.07, 6.45) is 0.828. The molecule has 0 aromatic rings. The molecular formula is C11H27N3O2S. The van der Waals surface area contributed by atoms with E-state index in [2.05, 4.69) is 18.6 Å². The van der Waals surface area contributed by atoms with Gasteiger partial charge in [-0.3, -0.25) is 0 Å². The summed E-state index contributed by atoms with van der Waals surface area (Å²) in [5.41, 5.74) is 5.41. The number of nitrogens with one attached hydrogen (secondary N) is 1. The van der Waals surface area contributed by atoms with Crippen molar-refractivity contribution in [2.75, 3.05) is 27.2 Å². The normalized spacial score (nSPS) is 16.5. The number of nitrogens with two attached hydrogens (primary N) is 1. The molecule has 0 bridgehead atoms. The third kappa shape index (κ3) is 6.98.